The third-order valence-corrected chi connectivity index (χ3v) is 1.53. The molecule has 0 radical (unpaired) electrons. The van der Waals surface area contributed by atoms with Crippen molar-refractivity contribution in [3.8, 4) is 0 Å². The molecule has 0 aromatic heterocycles. The number of nitrogens with zero attached hydrogens (tertiary/aromatic N) is 1. The first-order valence-corrected chi connectivity index (χ1v) is 3.40. The lowest BCUT2D eigenvalue weighted by Gasteiger charge is -2.15. The molecule has 60 valence electrons. The van der Waals surface area contributed by atoms with E-state index in [0.29, 0.717) is 0 Å². The molecule has 0 amide bonds. The predicted molar refractivity (Wildman–Crippen MR) is 41.5 cm³/mol. The minimum atomic E-state index is -0.217. The van der Waals surface area contributed by atoms with Gasteiger partial charge in [-0.05, 0) is 0 Å². The average Bonchev–Trinajstić information content (AvgIpc) is 2.05. The van der Waals surface area contributed by atoms with E-state index in [1.165, 1.54) is 7.11 Å². The van der Waals surface area contributed by atoms with E-state index in [-0.39, 0.29) is 11.9 Å². The van der Waals surface area contributed by atoms with Gasteiger partial charge in [0.1, 0.15) is 0 Å². The van der Waals surface area contributed by atoms with E-state index in [2.05, 4.69) is 4.74 Å². The van der Waals surface area contributed by atoms with Crippen molar-refractivity contribution in [2.75, 3.05) is 14.2 Å². The molecule has 0 aromatic carbocycles. The summed E-state index contributed by atoms with van der Waals surface area (Å²) < 4.78 is 4.56. The van der Waals surface area contributed by atoms with Gasteiger partial charge in [-0.15, -0.1) is 0 Å². The summed E-state index contributed by atoms with van der Waals surface area (Å²) in [5.41, 5.74) is 0. The summed E-state index contributed by atoms with van der Waals surface area (Å²) in [5, 5.41) is 0. The molecule has 0 saturated carbocycles. The molecule has 1 aliphatic rings. The van der Waals surface area contributed by atoms with Gasteiger partial charge in [-0.2, -0.15) is 0 Å². The Hall–Kier alpha value is -1.25. The summed E-state index contributed by atoms with van der Waals surface area (Å²) in [6.45, 7) is 0. The minimum absolute atomic E-state index is 0.212. The highest BCUT2D eigenvalue weighted by Crippen LogP contribution is 2.09. The van der Waals surface area contributed by atoms with Crippen LogP contribution in [0.15, 0.2) is 24.6 Å². The number of hydrogen-bond acceptors (Lipinski definition) is 3. The number of rotatable bonds is 1. The second kappa shape index (κ2) is 3.23. The maximum Gasteiger partial charge on any atom is 0.316 e. The largest absolute Gasteiger partial charge is 0.468 e. The van der Waals surface area contributed by atoms with E-state index >= 15 is 0 Å². The Morgan fingerprint density at radius 2 is 2.00 bits per heavy atom. The quantitative estimate of drug-likeness (QED) is 0.520. The number of methoxy groups -OCH3 is 1. The van der Waals surface area contributed by atoms with Gasteiger partial charge in [0, 0.05) is 19.4 Å². The summed E-state index contributed by atoms with van der Waals surface area (Å²) in [6, 6.07) is 0. The Labute approximate surface area is 65.9 Å². The van der Waals surface area contributed by atoms with Gasteiger partial charge >= 0.3 is 5.97 Å². The molecule has 1 heterocycles. The molecular formula is C8H11NO2. The molecule has 0 unspecified atom stereocenters. The highest BCUT2D eigenvalue weighted by Gasteiger charge is 2.14. The van der Waals surface area contributed by atoms with E-state index in [9.17, 15) is 4.79 Å². The Kier molecular flexibility index (Phi) is 2.31. The van der Waals surface area contributed by atoms with E-state index in [4.69, 9.17) is 0 Å². The number of esters is 1. The zero-order valence-electron chi connectivity index (χ0n) is 6.65. The lowest BCUT2D eigenvalue weighted by molar-refractivity contribution is -0.142. The Morgan fingerprint density at radius 1 is 1.45 bits per heavy atom. The molecule has 0 N–H and O–H groups in total. The summed E-state index contributed by atoms with van der Waals surface area (Å²) in [4.78, 5) is 12.8. The Bertz CT molecular complexity index is 194. The van der Waals surface area contributed by atoms with Crippen LogP contribution in [0.4, 0.5) is 0 Å². The topological polar surface area (TPSA) is 29.5 Å². The maximum absolute atomic E-state index is 10.9. The van der Waals surface area contributed by atoms with E-state index < -0.39 is 0 Å². The van der Waals surface area contributed by atoms with Crippen molar-refractivity contribution in [1.29, 1.82) is 0 Å². The van der Waals surface area contributed by atoms with Crippen LogP contribution in [0.25, 0.3) is 0 Å². The fourth-order valence-electron chi connectivity index (χ4n) is 0.864. The van der Waals surface area contributed by atoms with Crippen LogP contribution in [0, 0.1) is 5.92 Å². The molecule has 0 bridgehead atoms. The molecule has 3 heteroatoms. The van der Waals surface area contributed by atoms with Gasteiger partial charge in [0.25, 0.3) is 0 Å². The van der Waals surface area contributed by atoms with Crippen molar-refractivity contribution in [2.24, 2.45) is 5.92 Å². The molecule has 0 spiro atoms. The molecule has 1 aliphatic heterocycles. The van der Waals surface area contributed by atoms with Gasteiger partial charge in [-0.3, -0.25) is 4.79 Å². The number of hydrogen-bond donors (Lipinski definition) is 0. The maximum atomic E-state index is 10.9. The van der Waals surface area contributed by atoms with Crippen LogP contribution >= 0.6 is 0 Å². The van der Waals surface area contributed by atoms with Crippen LogP contribution < -0.4 is 0 Å². The van der Waals surface area contributed by atoms with Gasteiger partial charge in [0.2, 0.25) is 0 Å². The lowest BCUT2D eigenvalue weighted by atomic mass is 10.1. The minimum Gasteiger partial charge on any atom is -0.468 e. The van der Waals surface area contributed by atoms with Crippen LogP contribution in [-0.2, 0) is 9.53 Å². The van der Waals surface area contributed by atoms with Crippen LogP contribution in [0.3, 0.4) is 0 Å². The van der Waals surface area contributed by atoms with Crippen LogP contribution in [0.5, 0.6) is 0 Å². The summed E-state index contributed by atoms with van der Waals surface area (Å²) >= 11 is 0. The van der Waals surface area contributed by atoms with Gasteiger partial charge in [-0.25, -0.2) is 0 Å². The normalized spacial score (nSPS) is 17.1. The average molecular weight is 153 g/mol. The second-order valence-corrected chi connectivity index (χ2v) is 2.40. The van der Waals surface area contributed by atoms with Crippen molar-refractivity contribution >= 4 is 5.97 Å². The van der Waals surface area contributed by atoms with Crippen molar-refractivity contribution in [3.63, 3.8) is 0 Å². The van der Waals surface area contributed by atoms with Crippen molar-refractivity contribution in [1.82, 2.24) is 4.90 Å². The van der Waals surface area contributed by atoms with Crippen molar-refractivity contribution in [3.05, 3.63) is 24.6 Å². The molecular weight excluding hydrogens is 142 g/mol. The first-order chi connectivity index (χ1) is 5.24. The van der Waals surface area contributed by atoms with Gasteiger partial charge < -0.3 is 9.64 Å². The lowest BCUT2D eigenvalue weighted by Crippen LogP contribution is -2.16. The highest BCUT2D eigenvalue weighted by molar-refractivity contribution is 5.76. The number of carbonyl (C=O) groups is 1. The summed E-state index contributed by atoms with van der Waals surface area (Å²) in [6.07, 6.45) is 7.26. The number of carbonyl (C=O) groups excluding carboxylic acids is 1. The highest BCUT2D eigenvalue weighted by atomic mass is 16.5. The van der Waals surface area contributed by atoms with Gasteiger partial charge in [0.15, 0.2) is 0 Å². The first kappa shape index (κ1) is 7.85. The molecule has 3 nitrogen and oxygen atoms in total. The molecule has 1 rings (SSSR count). The van der Waals surface area contributed by atoms with Crippen molar-refractivity contribution < 1.29 is 9.53 Å². The number of ether oxygens (including phenoxy) is 1. The molecule has 0 aromatic rings. The Morgan fingerprint density at radius 3 is 2.45 bits per heavy atom. The molecule has 0 saturated heterocycles. The van der Waals surface area contributed by atoms with Gasteiger partial charge in [-0.1, -0.05) is 12.2 Å². The zero-order valence-corrected chi connectivity index (χ0v) is 6.65. The first-order valence-electron chi connectivity index (χ1n) is 3.40. The fraction of sp³-hybridized carbons (Fsp3) is 0.375. The fourth-order valence-corrected chi connectivity index (χ4v) is 0.864. The molecule has 11 heavy (non-hydrogen) atoms. The van der Waals surface area contributed by atoms with Crippen molar-refractivity contribution in [2.45, 2.75) is 0 Å². The summed E-state index contributed by atoms with van der Waals surface area (Å²) in [7, 11) is 3.29. The van der Waals surface area contributed by atoms with E-state index in [0.717, 1.165) is 0 Å². The molecule has 0 atom stereocenters. The van der Waals surface area contributed by atoms with Crippen LogP contribution in [0.1, 0.15) is 0 Å². The monoisotopic (exact) mass is 153 g/mol. The molecule has 0 fully saturated rings. The van der Waals surface area contributed by atoms with E-state index in [1.807, 2.05) is 24.3 Å². The standard InChI is InChI=1S/C8H11NO2/c1-9-5-3-7(4-6-9)8(10)11-2/h3-7H,1-2H3. The van der Waals surface area contributed by atoms with Crippen LogP contribution in [0.2, 0.25) is 0 Å². The van der Waals surface area contributed by atoms with E-state index in [1.54, 1.807) is 12.2 Å². The predicted octanol–water partition coefficient (Wildman–Crippen LogP) is 0.748. The molecule has 0 aliphatic carbocycles. The third-order valence-electron chi connectivity index (χ3n) is 1.53. The SMILES string of the molecule is COC(=O)C1C=CN(C)C=C1. The smallest absolute Gasteiger partial charge is 0.316 e. The second-order valence-electron chi connectivity index (χ2n) is 2.40. The van der Waals surface area contributed by atoms with Gasteiger partial charge in [0.05, 0.1) is 13.0 Å². The Balaban J connectivity index is 2.58. The third kappa shape index (κ3) is 1.83. The summed E-state index contributed by atoms with van der Waals surface area (Å²) in [5.74, 6) is -0.429. The zero-order chi connectivity index (χ0) is 8.27. The van der Waals surface area contributed by atoms with Crippen LogP contribution in [-0.4, -0.2) is 25.0 Å².